The van der Waals surface area contributed by atoms with Crippen molar-refractivity contribution in [3.8, 4) is 6.07 Å². The van der Waals surface area contributed by atoms with Gasteiger partial charge in [0, 0.05) is 18.1 Å². The molecule has 0 spiro atoms. The first kappa shape index (κ1) is 15.5. The molecule has 2 bridgehead atoms. The predicted molar refractivity (Wildman–Crippen MR) is 87.6 cm³/mol. The molecule has 0 unspecified atom stereocenters. The predicted octanol–water partition coefficient (Wildman–Crippen LogP) is 2.10. The van der Waals surface area contributed by atoms with E-state index in [1.54, 1.807) is 18.2 Å². The van der Waals surface area contributed by atoms with Gasteiger partial charge in [-0.2, -0.15) is 5.26 Å². The molecule has 0 radical (unpaired) electrons. The van der Waals surface area contributed by atoms with Gasteiger partial charge in [-0.15, -0.1) is 0 Å². The molecule has 5 aliphatic rings. The maximum absolute atomic E-state index is 16.4. The number of carbonyl (C=O) groups is 2. The lowest BCUT2D eigenvalue weighted by Crippen LogP contribution is -2.75. The van der Waals surface area contributed by atoms with Crippen molar-refractivity contribution in [1.82, 2.24) is 10.2 Å². The number of nitriles is 1. The normalized spacial score (nSPS) is 37.5. The molecule has 7 heteroatoms. The van der Waals surface area contributed by atoms with E-state index in [4.69, 9.17) is 4.74 Å². The number of ether oxygens (including phenoxy) is 1. The van der Waals surface area contributed by atoms with E-state index in [0.717, 1.165) is 12.0 Å². The molecule has 3 aliphatic carbocycles. The van der Waals surface area contributed by atoms with Crippen molar-refractivity contribution in [1.29, 1.82) is 5.26 Å². The number of rotatable bonds is 1. The van der Waals surface area contributed by atoms with Crippen molar-refractivity contribution >= 4 is 11.9 Å². The lowest BCUT2D eigenvalue weighted by atomic mass is 9.57. The standard InChI is InChI=1S/C19H16FN3O3/c20-19-15-10(9-21)8-13(11-4-1-2-5-12(11)15)16(19)23(14-6-3-7-26-14)18(25)22-17(19)24/h1-2,4-5,8,13-16H,3,6-7H2,(H,22,24,25)/t13-,14+,15+,16+,19+/m0/s1. The highest BCUT2D eigenvalue weighted by Crippen LogP contribution is 2.58. The molecule has 5 atom stereocenters. The summed E-state index contributed by atoms with van der Waals surface area (Å²) >= 11 is 0. The van der Waals surface area contributed by atoms with Crippen molar-refractivity contribution in [2.45, 2.75) is 42.6 Å². The molecule has 132 valence electrons. The number of carbonyl (C=O) groups excluding carboxylic acids is 2. The molecule has 1 N–H and O–H groups in total. The smallest absolute Gasteiger partial charge is 0.326 e. The lowest BCUT2D eigenvalue weighted by molar-refractivity contribution is -0.150. The van der Waals surface area contributed by atoms with Crippen LogP contribution < -0.4 is 5.32 Å². The summed E-state index contributed by atoms with van der Waals surface area (Å²) in [6.45, 7) is 0.498. The van der Waals surface area contributed by atoms with Gasteiger partial charge in [0.15, 0.2) is 0 Å². The molecule has 0 aromatic heterocycles. The first-order chi connectivity index (χ1) is 12.6. The van der Waals surface area contributed by atoms with Gasteiger partial charge in [-0.25, -0.2) is 9.18 Å². The Kier molecular flexibility index (Phi) is 3.07. The van der Waals surface area contributed by atoms with E-state index in [0.29, 0.717) is 18.6 Å². The quantitative estimate of drug-likeness (QED) is 0.838. The molecule has 0 saturated carbocycles. The zero-order valence-corrected chi connectivity index (χ0v) is 13.8. The van der Waals surface area contributed by atoms with E-state index in [1.165, 1.54) is 4.90 Å². The Hall–Kier alpha value is -2.72. The van der Waals surface area contributed by atoms with Gasteiger partial charge in [-0.1, -0.05) is 30.3 Å². The number of alkyl halides is 1. The topological polar surface area (TPSA) is 82.4 Å². The molecule has 1 aromatic rings. The second-order valence-corrected chi connectivity index (χ2v) is 7.17. The van der Waals surface area contributed by atoms with Gasteiger partial charge in [-0.3, -0.25) is 15.0 Å². The Labute approximate surface area is 149 Å². The molecule has 2 aliphatic heterocycles. The molecule has 2 saturated heterocycles. The Bertz CT molecular complexity index is 902. The van der Waals surface area contributed by atoms with Gasteiger partial charge in [0.05, 0.1) is 18.0 Å². The Balaban J connectivity index is 1.75. The Morgan fingerprint density at radius 1 is 1.31 bits per heavy atom. The summed E-state index contributed by atoms with van der Waals surface area (Å²) in [6.07, 6.45) is 2.53. The summed E-state index contributed by atoms with van der Waals surface area (Å²) in [5, 5.41) is 11.7. The first-order valence-electron chi connectivity index (χ1n) is 8.72. The third-order valence-corrected chi connectivity index (χ3v) is 5.97. The molecule has 2 fully saturated rings. The van der Waals surface area contributed by atoms with Crippen LogP contribution in [0.4, 0.5) is 9.18 Å². The van der Waals surface area contributed by atoms with Crippen molar-refractivity contribution in [2.75, 3.05) is 6.61 Å². The van der Waals surface area contributed by atoms with Gasteiger partial charge in [0.1, 0.15) is 6.23 Å². The minimum absolute atomic E-state index is 0.240. The largest absolute Gasteiger partial charge is 0.358 e. The summed E-state index contributed by atoms with van der Waals surface area (Å²) in [4.78, 5) is 26.6. The number of imide groups is 1. The van der Waals surface area contributed by atoms with Crippen LogP contribution >= 0.6 is 0 Å². The van der Waals surface area contributed by atoms with Crippen LogP contribution in [0.15, 0.2) is 35.9 Å². The molecule has 1 aromatic carbocycles. The van der Waals surface area contributed by atoms with Crippen LogP contribution in [0.2, 0.25) is 0 Å². The molecule has 3 amide bonds. The van der Waals surface area contributed by atoms with E-state index in [1.807, 2.05) is 12.1 Å². The molecule has 26 heavy (non-hydrogen) atoms. The molecule has 6 nitrogen and oxygen atoms in total. The number of halogens is 1. The van der Waals surface area contributed by atoms with Crippen molar-refractivity contribution in [2.24, 2.45) is 0 Å². The zero-order valence-electron chi connectivity index (χ0n) is 13.8. The van der Waals surface area contributed by atoms with Gasteiger partial charge in [0.25, 0.3) is 5.91 Å². The maximum Gasteiger partial charge on any atom is 0.326 e. The van der Waals surface area contributed by atoms with Crippen LogP contribution in [0.25, 0.3) is 0 Å². The summed E-state index contributed by atoms with van der Waals surface area (Å²) in [7, 11) is 0. The van der Waals surface area contributed by atoms with E-state index >= 15 is 4.39 Å². The third-order valence-electron chi connectivity index (χ3n) is 5.97. The van der Waals surface area contributed by atoms with Crippen LogP contribution in [0.5, 0.6) is 0 Å². The van der Waals surface area contributed by atoms with Gasteiger partial charge in [0.2, 0.25) is 5.67 Å². The van der Waals surface area contributed by atoms with E-state index in [2.05, 4.69) is 11.4 Å². The number of hydrogen-bond acceptors (Lipinski definition) is 4. The minimum Gasteiger partial charge on any atom is -0.358 e. The fourth-order valence-corrected chi connectivity index (χ4v) is 4.99. The molecule has 6 rings (SSSR count). The Morgan fingerprint density at radius 2 is 2.08 bits per heavy atom. The van der Waals surface area contributed by atoms with Gasteiger partial charge >= 0.3 is 6.03 Å². The van der Waals surface area contributed by atoms with Crippen LogP contribution in [0.1, 0.15) is 35.8 Å². The lowest BCUT2D eigenvalue weighted by Gasteiger charge is -2.56. The van der Waals surface area contributed by atoms with Crippen LogP contribution in [-0.4, -0.2) is 41.4 Å². The highest BCUT2D eigenvalue weighted by atomic mass is 19.1. The average molecular weight is 353 g/mol. The van der Waals surface area contributed by atoms with E-state index in [-0.39, 0.29) is 5.57 Å². The van der Waals surface area contributed by atoms with Crippen molar-refractivity contribution < 1.29 is 18.7 Å². The SMILES string of the molecule is N#CC1=C[C@H]2c3ccccc3[C@@H]1[C@]1(F)C(=O)NC(=O)N([C@H]3CCCO3)[C@H]21. The summed E-state index contributed by atoms with van der Waals surface area (Å²) < 4.78 is 22.1. The van der Waals surface area contributed by atoms with E-state index < -0.39 is 41.7 Å². The average Bonchev–Trinajstić information content (AvgIpc) is 3.17. The van der Waals surface area contributed by atoms with Crippen molar-refractivity contribution in [3.63, 3.8) is 0 Å². The maximum atomic E-state index is 16.4. The first-order valence-corrected chi connectivity index (χ1v) is 8.72. The summed E-state index contributed by atoms with van der Waals surface area (Å²) in [6, 6.07) is 7.68. The second-order valence-electron chi connectivity index (χ2n) is 7.17. The number of benzene rings is 1. The second kappa shape index (κ2) is 5.15. The minimum atomic E-state index is -2.39. The highest BCUT2D eigenvalue weighted by Gasteiger charge is 2.68. The molecule has 2 heterocycles. The number of allylic oxidation sites excluding steroid dienone is 1. The Morgan fingerprint density at radius 3 is 2.77 bits per heavy atom. The number of amides is 3. The fourth-order valence-electron chi connectivity index (χ4n) is 4.99. The molecular weight excluding hydrogens is 337 g/mol. The summed E-state index contributed by atoms with van der Waals surface area (Å²) in [5.74, 6) is -2.54. The number of hydrogen-bond donors (Lipinski definition) is 1. The highest BCUT2D eigenvalue weighted by molar-refractivity contribution is 6.04. The van der Waals surface area contributed by atoms with Gasteiger partial charge in [-0.05, 0) is 24.0 Å². The summed E-state index contributed by atoms with van der Waals surface area (Å²) in [5.41, 5.74) is -0.643. The number of nitrogens with one attached hydrogen (secondary N) is 1. The zero-order chi connectivity index (χ0) is 18.1. The van der Waals surface area contributed by atoms with Crippen molar-refractivity contribution in [3.05, 3.63) is 47.0 Å². The third kappa shape index (κ3) is 1.72. The van der Waals surface area contributed by atoms with Crippen LogP contribution in [0.3, 0.4) is 0 Å². The monoisotopic (exact) mass is 353 g/mol. The fraction of sp³-hybridized carbons (Fsp3) is 0.421. The van der Waals surface area contributed by atoms with Crippen LogP contribution in [0, 0.1) is 11.3 Å². The van der Waals surface area contributed by atoms with Crippen LogP contribution in [-0.2, 0) is 9.53 Å². The molecular formula is C19H16FN3O3. The van der Waals surface area contributed by atoms with Gasteiger partial charge < -0.3 is 4.74 Å². The number of urea groups is 1. The van der Waals surface area contributed by atoms with E-state index in [9.17, 15) is 14.9 Å². The number of nitrogens with zero attached hydrogens (tertiary/aromatic N) is 2.